The fourth-order valence-electron chi connectivity index (χ4n) is 8.63. The minimum Gasteiger partial charge on any atom is -0.508 e. The second-order valence-corrected chi connectivity index (χ2v) is 13.7. The number of carbonyl (C=O) groups is 1. The summed E-state index contributed by atoms with van der Waals surface area (Å²) in [7, 11) is 0. The zero-order valence-electron chi connectivity index (χ0n) is 25.7. The average Bonchev–Trinajstić information content (AvgIpc) is 3.55. The number of phenolic OH excluding ortho intramolecular Hbond substituents is 1. The predicted octanol–water partition coefficient (Wildman–Crippen LogP) is 6.26. The molecule has 1 aliphatic carbocycles. The first-order valence-electron chi connectivity index (χ1n) is 16.3. The zero-order valence-corrected chi connectivity index (χ0v) is 25.7. The van der Waals surface area contributed by atoms with Crippen molar-refractivity contribution in [2.45, 2.75) is 87.9 Å². The molecule has 8 rings (SSSR count). The Kier molecular flexibility index (Phi) is 6.90. The van der Waals surface area contributed by atoms with Crippen molar-refractivity contribution in [1.82, 2.24) is 25.2 Å². The molecule has 2 atom stereocenters. The van der Waals surface area contributed by atoms with E-state index in [4.69, 9.17) is 9.72 Å². The van der Waals surface area contributed by atoms with Crippen LogP contribution in [0.3, 0.4) is 0 Å². The molecule has 1 spiro atoms. The van der Waals surface area contributed by atoms with Crippen LogP contribution in [0, 0.1) is 11.6 Å². The van der Waals surface area contributed by atoms with Gasteiger partial charge in [-0.3, -0.25) is 14.7 Å². The van der Waals surface area contributed by atoms with Gasteiger partial charge >= 0.3 is 6.01 Å². The van der Waals surface area contributed by atoms with Crippen molar-refractivity contribution in [3.63, 3.8) is 0 Å². The van der Waals surface area contributed by atoms with Crippen molar-refractivity contribution < 1.29 is 27.8 Å². The number of phenols is 1. The molecule has 0 radical (unpaired) electrons. The highest BCUT2D eigenvalue weighted by Gasteiger charge is 2.50. The summed E-state index contributed by atoms with van der Waals surface area (Å²) in [6.07, 6.45) is 6.74. The summed E-state index contributed by atoms with van der Waals surface area (Å²) < 4.78 is 52.5. The number of β-lactam (4-membered cyclic amide) rings is 1. The molecule has 0 bridgehead atoms. The van der Waals surface area contributed by atoms with E-state index >= 15 is 4.39 Å². The van der Waals surface area contributed by atoms with Crippen LogP contribution >= 0.6 is 0 Å². The minimum atomic E-state index is -0.917. The second-order valence-electron chi connectivity index (χ2n) is 13.7. The molecule has 11 heteroatoms. The number of alkyl halides is 1. The molecule has 2 aromatic heterocycles. The van der Waals surface area contributed by atoms with Crippen molar-refractivity contribution >= 4 is 27.6 Å². The van der Waals surface area contributed by atoms with Crippen LogP contribution in [-0.4, -0.2) is 67.8 Å². The van der Waals surface area contributed by atoms with Gasteiger partial charge in [-0.1, -0.05) is 13.0 Å². The van der Waals surface area contributed by atoms with Gasteiger partial charge in [0.25, 0.3) is 0 Å². The first-order valence-corrected chi connectivity index (χ1v) is 16.3. The molecule has 4 fully saturated rings. The predicted molar refractivity (Wildman–Crippen MR) is 166 cm³/mol. The Bertz CT molecular complexity index is 1890. The van der Waals surface area contributed by atoms with E-state index in [0.29, 0.717) is 53.2 Å². The number of carbonyl (C=O) groups excluding carboxylic acids is 1. The molecule has 5 heterocycles. The van der Waals surface area contributed by atoms with Crippen LogP contribution in [0.15, 0.2) is 30.5 Å². The molecule has 3 saturated heterocycles. The van der Waals surface area contributed by atoms with Crippen LogP contribution in [-0.2, 0) is 11.2 Å². The summed E-state index contributed by atoms with van der Waals surface area (Å²) in [6, 6.07) is 5.88. The molecule has 2 N–H and O–H groups in total. The van der Waals surface area contributed by atoms with Crippen molar-refractivity contribution in [3.8, 4) is 23.0 Å². The quantitative estimate of drug-likeness (QED) is 0.242. The molecule has 2 aromatic carbocycles. The summed E-state index contributed by atoms with van der Waals surface area (Å²) >= 11 is 0. The lowest BCUT2D eigenvalue weighted by Crippen LogP contribution is -2.62. The molecule has 1 amide bonds. The van der Waals surface area contributed by atoms with Gasteiger partial charge in [-0.15, -0.1) is 0 Å². The number of amides is 1. The second kappa shape index (κ2) is 10.8. The summed E-state index contributed by atoms with van der Waals surface area (Å²) in [5, 5.41) is 15.2. The fraction of sp³-hybridized carbons (Fsp3) is 0.486. The monoisotopic (exact) mass is 631 g/mol. The number of nitrogens with zero attached hydrogens (tertiary/aromatic N) is 4. The zero-order chi connectivity index (χ0) is 31.8. The smallest absolute Gasteiger partial charge is 0.317 e. The largest absolute Gasteiger partial charge is 0.508 e. The summed E-state index contributed by atoms with van der Waals surface area (Å²) in [5.74, 6) is -1.19. The Balaban J connectivity index is 1.24. The Hall–Kier alpha value is -3.99. The molecular weight excluding hydrogens is 595 g/mol. The maximum atomic E-state index is 16.8. The maximum Gasteiger partial charge on any atom is 0.317 e. The molecule has 1 saturated carbocycles. The number of ether oxygens (including phenoxy) is 1. The van der Waals surface area contributed by atoms with Gasteiger partial charge in [-0.05, 0) is 86.0 Å². The van der Waals surface area contributed by atoms with Crippen molar-refractivity contribution in [2.24, 2.45) is 0 Å². The minimum absolute atomic E-state index is 0.0281. The third-order valence-corrected chi connectivity index (χ3v) is 10.9. The Morgan fingerprint density at radius 2 is 1.96 bits per heavy atom. The van der Waals surface area contributed by atoms with Crippen molar-refractivity contribution in [2.75, 3.05) is 19.7 Å². The normalized spacial score (nSPS) is 27.7. The number of hydrogen-bond donors (Lipinski definition) is 2. The van der Waals surface area contributed by atoms with E-state index in [1.807, 2.05) is 6.92 Å². The van der Waals surface area contributed by atoms with Crippen LogP contribution in [0.25, 0.3) is 32.9 Å². The van der Waals surface area contributed by atoms with Crippen molar-refractivity contribution in [3.05, 3.63) is 53.4 Å². The third kappa shape index (κ3) is 4.68. The number of aromatic nitrogens is 3. The SMILES string of the molecule is CCc1c(F)ccc2cc(O)cc(-c3ncc4c(C5CCC6(CC5)CC(=O)N6)nc(OC[C@@]56CCCN5C[C@H](F)C6)nc4c3F)c12. The van der Waals surface area contributed by atoms with E-state index in [9.17, 15) is 18.7 Å². The van der Waals surface area contributed by atoms with Gasteiger partial charge < -0.3 is 15.2 Å². The first-order chi connectivity index (χ1) is 22.2. The molecule has 240 valence electrons. The molecule has 4 aromatic rings. The number of rotatable bonds is 6. The Morgan fingerprint density at radius 1 is 1.15 bits per heavy atom. The number of benzene rings is 2. The summed E-state index contributed by atoms with van der Waals surface area (Å²) in [6.45, 7) is 3.23. The number of pyridine rings is 1. The highest BCUT2D eigenvalue weighted by molar-refractivity contribution is 6.01. The van der Waals surface area contributed by atoms with Crippen LogP contribution in [0.4, 0.5) is 13.2 Å². The summed E-state index contributed by atoms with van der Waals surface area (Å²) in [5.41, 5.74) is 0.684. The van der Waals surface area contributed by atoms with E-state index in [1.165, 1.54) is 18.2 Å². The lowest BCUT2D eigenvalue weighted by atomic mass is 9.70. The topological polar surface area (TPSA) is 100 Å². The van der Waals surface area contributed by atoms with E-state index in [1.54, 1.807) is 12.3 Å². The standard InChI is InChI=1S/C35H36F3N5O3/c1-2-23-26(37)5-4-20-12-22(44)13-24(28(20)23)31-29(38)32-25(16-39-31)30(19-6-9-34(10-7-19)15-27(45)42-34)40-33(41-32)46-18-35-8-3-11-43(35)17-21(36)14-35/h4-5,12-13,16,19,21,44H,2-3,6-11,14-15,17-18H2,1H3,(H,42,45)/t19?,21-,34?,35+/m1/s1. The van der Waals surface area contributed by atoms with Crippen LogP contribution < -0.4 is 10.1 Å². The van der Waals surface area contributed by atoms with Gasteiger partial charge in [0.2, 0.25) is 5.91 Å². The summed E-state index contributed by atoms with van der Waals surface area (Å²) in [4.78, 5) is 27.8. The van der Waals surface area contributed by atoms with Crippen molar-refractivity contribution in [1.29, 1.82) is 0 Å². The average molecular weight is 632 g/mol. The molecule has 3 aliphatic heterocycles. The number of fused-ring (bicyclic) bond motifs is 3. The van der Waals surface area contributed by atoms with Crippen LogP contribution in [0.1, 0.15) is 75.5 Å². The number of aromatic hydroxyl groups is 1. The Morgan fingerprint density at radius 3 is 2.72 bits per heavy atom. The molecular formula is C35H36F3N5O3. The number of hydrogen-bond acceptors (Lipinski definition) is 7. The van der Waals surface area contributed by atoms with Gasteiger partial charge in [0.1, 0.15) is 35.6 Å². The van der Waals surface area contributed by atoms with Gasteiger partial charge in [0, 0.05) is 48.0 Å². The fourth-order valence-corrected chi connectivity index (χ4v) is 8.63. The van der Waals surface area contributed by atoms with Crippen LogP contribution in [0.5, 0.6) is 11.8 Å². The molecule has 8 nitrogen and oxygen atoms in total. The van der Waals surface area contributed by atoms with E-state index < -0.39 is 23.3 Å². The van der Waals surface area contributed by atoms with E-state index in [2.05, 4.69) is 20.2 Å². The highest BCUT2D eigenvalue weighted by Crippen LogP contribution is 2.45. The van der Waals surface area contributed by atoms with Gasteiger partial charge in [0.15, 0.2) is 5.82 Å². The highest BCUT2D eigenvalue weighted by atomic mass is 19.1. The Labute approximate surface area is 264 Å². The van der Waals surface area contributed by atoms with E-state index in [-0.39, 0.29) is 52.5 Å². The first kappa shape index (κ1) is 29.4. The van der Waals surface area contributed by atoms with Gasteiger partial charge in [0.05, 0.1) is 11.2 Å². The lowest BCUT2D eigenvalue weighted by Gasteiger charge is -2.46. The lowest BCUT2D eigenvalue weighted by molar-refractivity contribution is -0.134. The number of halogens is 3. The maximum absolute atomic E-state index is 16.8. The van der Waals surface area contributed by atoms with E-state index in [0.717, 1.165) is 45.1 Å². The number of aryl methyl sites for hydroxylation is 1. The van der Waals surface area contributed by atoms with Gasteiger partial charge in [-0.2, -0.15) is 9.97 Å². The third-order valence-electron chi connectivity index (χ3n) is 10.9. The van der Waals surface area contributed by atoms with Gasteiger partial charge in [-0.25, -0.2) is 13.2 Å². The molecule has 4 aliphatic rings. The molecule has 0 unspecified atom stereocenters. The van der Waals surface area contributed by atoms with Crippen LogP contribution in [0.2, 0.25) is 0 Å². The molecule has 46 heavy (non-hydrogen) atoms. The number of nitrogens with one attached hydrogen (secondary N) is 1.